The highest BCUT2D eigenvalue weighted by Gasteiger charge is 2.44. The van der Waals surface area contributed by atoms with Crippen molar-refractivity contribution in [2.75, 3.05) is 13.2 Å². The van der Waals surface area contributed by atoms with E-state index >= 15 is 0 Å². The third kappa shape index (κ3) is 5.43. The molecule has 1 aliphatic rings. The molecule has 5 atom stereocenters. The Labute approximate surface area is 204 Å². The smallest absolute Gasteiger partial charge is 0.463 e. The van der Waals surface area contributed by atoms with Crippen molar-refractivity contribution in [3.63, 3.8) is 0 Å². The third-order valence-electron chi connectivity index (χ3n) is 5.40. The van der Waals surface area contributed by atoms with Crippen LogP contribution in [0.1, 0.15) is 29.2 Å². The first-order valence-corrected chi connectivity index (χ1v) is 11.8. The lowest BCUT2D eigenvalue weighted by Gasteiger charge is -2.40. The zero-order chi connectivity index (χ0) is 24.2. The Morgan fingerprint density at radius 3 is 2.74 bits per heavy atom. The predicted octanol–water partition coefficient (Wildman–Crippen LogP) is 3.34. The number of carbonyl (C=O) groups excluding carboxylic acids is 1. The average molecular weight is 510 g/mol. The van der Waals surface area contributed by atoms with Crippen molar-refractivity contribution in [1.82, 2.24) is 4.98 Å². The van der Waals surface area contributed by atoms with Crippen molar-refractivity contribution in [2.45, 2.75) is 43.9 Å². The number of rotatable bonds is 7. The van der Waals surface area contributed by atoms with Crippen LogP contribution in [0.15, 0.2) is 47.2 Å². The van der Waals surface area contributed by atoms with Crippen molar-refractivity contribution in [3.8, 4) is 10.6 Å². The van der Waals surface area contributed by atoms with Crippen LogP contribution >= 0.6 is 22.9 Å². The molecule has 3 N–H and O–H groups in total. The number of halogens is 1. The Bertz CT molecular complexity index is 1100. The number of hydrogen-bond acceptors (Lipinski definition) is 10. The summed E-state index contributed by atoms with van der Waals surface area (Å²) in [5, 5.41) is 32.6. The minimum atomic E-state index is -1.51. The molecule has 1 aromatic carbocycles. The summed E-state index contributed by atoms with van der Waals surface area (Å²) in [6, 6.07) is 8.77. The van der Waals surface area contributed by atoms with E-state index in [-0.39, 0.29) is 13.2 Å². The first kappa shape index (κ1) is 24.6. The SMILES string of the molecule is CCOC(=O)OC[C@H]1O[C@@H](c2ccc(Cl)c(Cc3ncc(-c4ccco4)s3)c2)[C@H](O)[C@@H](O)[C@@H]1O. The Kier molecular flexibility index (Phi) is 7.87. The van der Waals surface area contributed by atoms with Crippen molar-refractivity contribution in [1.29, 1.82) is 0 Å². The Hall–Kier alpha value is -2.47. The number of furan rings is 1. The normalized spacial score (nSPS) is 24.7. The molecule has 1 fully saturated rings. The van der Waals surface area contributed by atoms with Crippen LogP contribution in [0.25, 0.3) is 10.6 Å². The second-order valence-electron chi connectivity index (χ2n) is 7.68. The van der Waals surface area contributed by atoms with E-state index < -0.39 is 36.7 Å². The maximum absolute atomic E-state index is 11.5. The molecule has 4 rings (SSSR count). The van der Waals surface area contributed by atoms with E-state index in [1.165, 1.54) is 11.3 Å². The zero-order valence-corrected chi connectivity index (χ0v) is 19.7. The number of nitrogens with zero attached hydrogens (tertiary/aromatic N) is 1. The summed E-state index contributed by atoms with van der Waals surface area (Å²) >= 11 is 7.89. The minimum absolute atomic E-state index is 0.131. The van der Waals surface area contributed by atoms with Gasteiger partial charge in [0.25, 0.3) is 0 Å². The molecule has 0 bridgehead atoms. The number of carbonyl (C=O) groups is 1. The number of benzene rings is 1. The number of hydrogen-bond donors (Lipinski definition) is 3. The summed E-state index contributed by atoms with van der Waals surface area (Å²) in [6.45, 7) is 1.41. The molecule has 0 saturated carbocycles. The largest absolute Gasteiger partial charge is 0.508 e. The van der Waals surface area contributed by atoms with E-state index in [0.29, 0.717) is 17.0 Å². The highest BCUT2D eigenvalue weighted by molar-refractivity contribution is 7.15. The summed E-state index contributed by atoms with van der Waals surface area (Å²) in [7, 11) is 0. The maximum Gasteiger partial charge on any atom is 0.508 e. The third-order valence-corrected chi connectivity index (χ3v) is 6.78. The van der Waals surface area contributed by atoms with Gasteiger partial charge in [-0.3, -0.25) is 0 Å². The van der Waals surface area contributed by atoms with Gasteiger partial charge in [0.05, 0.1) is 22.8 Å². The van der Waals surface area contributed by atoms with Crippen molar-refractivity contribution in [2.24, 2.45) is 0 Å². The van der Waals surface area contributed by atoms with Gasteiger partial charge in [-0.1, -0.05) is 23.7 Å². The second-order valence-corrected chi connectivity index (χ2v) is 9.21. The van der Waals surface area contributed by atoms with Crippen LogP contribution in [0.2, 0.25) is 5.02 Å². The van der Waals surface area contributed by atoms with Gasteiger partial charge in [0.15, 0.2) is 0 Å². The summed E-state index contributed by atoms with van der Waals surface area (Å²) in [5.41, 5.74) is 1.29. The van der Waals surface area contributed by atoms with Gasteiger partial charge in [-0.15, -0.1) is 11.3 Å². The van der Waals surface area contributed by atoms with Crippen LogP contribution in [-0.2, 0) is 20.6 Å². The quantitative estimate of drug-likeness (QED) is 0.410. The van der Waals surface area contributed by atoms with Crippen LogP contribution in [-0.4, -0.2) is 64.1 Å². The monoisotopic (exact) mass is 509 g/mol. The summed E-state index contributed by atoms with van der Waals surface area (Å²) in [4.78, 5) is 16.8. The summed E-state index contributed by atoms with van der Waals surface area (Å²) in [5.74, 6) is 0.728. The van der Waals surface area contributed by atoms with Crippen LogP contribution < -0.4 is 0 Å². The van der Waals surface area contributed by atoms with Crippen LogP contribution in [0.3, 0.4) is 0 Å². The fraction of sp³-hybridized carbons (Fsp3) is 0.391. The van der Waals surface area contributed by atoms with E-state index in [0.717, 1.165) is 21.2 Å². The second kappa shape index (κ2) is 10.9. The molecular formula is C23H24ClNO8S. The Morgan fingerprint density at radius 2 is 2.00 bits per heavy atom. The average Bonchev–Trinajstić information content (AvgIpc) is 3.51. The highest BCUT2D eigenvalue weighted by Crippen LogP contribution is 2.35. The highest BCUT2D eigenvalue weighted by atomic mass is 35.5. The summed E-state index contributed by atoms with van der Waals surface area (Å²) in [6.07, 6.45) is -3.58. The van der Waals surface area contributed by atoms with Gasteiger partial charge in [0, 0.05) is 17.6 Å². The molecular weight excluding hydrogens is 486 g/mol. The van der Waals surface area contributed by atoms with Gasteiger partial charge in [-0.2, -0.15) is 0 Å². The number of aliphatic hydroxyl groups excluding tert-OH is 3. The molecule has 0 spiro atoms. The fourth-order valence-electron chi connectivity index (χ4n) is 3.67. The lowest BCUT2D eigenvalue weighted by Crippen LogP contribution is -2.55. The van der Waals surface area contributed by atoms with Gasteiger partial charge >= 0.3 is 6.16 Å². The molecule has 11 heteroatoms. The molecule has 1 saturated heterocycles. The molecule has 0 amide bonds. The summed E-state index contributed by atoms with van der Waals surface area (Å²) < 4.78 is 20.9. The molecule has 3 aromatic rings. The fourth-order valence-corrected chi connectivity index (χ4v) is 4.76. The van der Waals surface area contributed by atoms with Gasteiger partial charge in [0.2, 0.25) is 0 Å². The maximum atomic E-state index is 11.5. The van der Waals surface area contributed by atoms with Crippen molar-refractivity contribution < 1.29 is 38.7 Å². The molecule has 3 heterocycles. The Morgan fingerprint density at radius 1 is 1.18 bits per heavy atom. The molecule has 2 aromatic heterocycles. The lowest BCUT2D eigenvalue weighted by atomic mass is 9.90. The number of ether oxygens (including phenoxy) is 3. The topological polar surface area (TPSA) is 131 Å². The van der Waals surface area contributed by atoms with Crippen LogP contribution in [0, 0.1) is 0 Å². The molecule has 182 valence electrons. The van der Waals surface area contributed by atoms with E-state index in [9.17, 15) is 20.1 Å². The van der Waals surface area contributed by atoms with Gasteiger partial charge < -0.3 is 33.9 Å². The predicted molar refractivity (Wildman–Crippen MR) is 123 cm³/mol. The molecule has 9 nitrogen and oxygen atoms in total. The van der Waals surface area contributed by atoms with E-state index in [1.807, 2.05) is 6.07 Å². The van der Waals surface area contributed by atoms with E-state index in [2.05, 4.69) is 4.98 Å². The molecule has 1 aliphatic heterocycles. The van der Waals surface area contributed by atoms with Crippen LogP contribution in [0.5, 0.6) is 0 Å². The Balaban J connectivity index is 1.51. The zero-order valence-electron chi connectivity index (χ0n) is 18.2. The first-order valence-electron chi connectivity index (χ1n) is 10.6. The number of aromatic nitrogens is 1. The van der Waals surface area contributed by atoms with Crippen molar-refractivity contribution in [3.05, 3.63) is 63.9 Å². The molecule has 0 aliphatic carbocycles. The van der Waals surface area contributed by atoms with Gasteiger partial charge in [0.1, 0.15) is 42.9 Å². The van der Waals surface area contributed by atoms with Crippen molar-refractivity contribution >= 4 is 29.1 Å². The van der Waals surface area contributed by atoms with E-state index in [4.69, 9.17) is 30.2 Å². The first-order chi connectivity index (χ1) is 16.4. The number of aliphatic hydroxyl groups is 3. The molecule has 0 radical (unpaired) electrons. The molecule has 34 heavy (non-hydrogen) atoms. The van der Waals surface area contributed by atoms with Crippen LogP contribution in [0.4, 0.5) is 4.79 Å². The molecule has 0 unspecified atom stereocenters. The van der Waals surface area contributed by atoms with Gasteiger partial charge in [-0.25, -0.2) is 9.78 Å². The minimum Gasteiger partial charge on any atom is -0.463 e. The number of thiazole rings is 1. The lowest BCUT2D eigenvalue weighted by molar-refractivity contribution is -0.232. The van der Waals surface area contributed by atoms with E-state index in [1.54, 1.807) is 43.6 Å². The standard InChI is InChI=1S/C23H24ClNO8S/c1-2-30-23(29)32-11-16-19(26)20(27)21(28)22(33-16)12-5-6-14(24)13(8-12)9-18-25-10-17(34-18)15-4-3-7-31-15/h3-8,10,16,19-22,26-28H,2,9,11H2,1H3/t16-,19-,20+,21-,22+/m1/s1. The van der Waals surface area contributed by atoms with Gasteiger partial charge in [-0.05, 0) is 36.2 Å².